The number of rotatable bonds is 6. The molecular weight excluding hydrogens is 436 g/mol. The Morgan fingerprint density at radius 1 is 1.23 bits per heavy atom. The topological polar surface area (TPSA) is 84.9 Å². The van der Waals surface area contributed by atoms with Crippen molar-refractivity contribution in [3.63, 3.8) is 0 Å². The maximum Gasteiger partial charge on any atom is 0.246 e. The zero-order valence-corrected chi connectivity index (χ0v) is 19.0. The Kier molecular flexibility index (Phi) is 6.86. The number of amides is 1. The molecule has 7 nitrogen and oxygen atoms in total. The van der Waals surface area contributed by atoms with Crippen LogP contribution in [0.4, 0.5) is 0 Å². The van der Waals surface area contributed by atoms with Gasteiger partial charge in [-0.1, -0.05) is 24.3 Å². The first-order chi connectivity index (χ1) is 15.0. The monoisotopic (exact) mass is 462 g/mol. The number of hydrogen-bond acceptors (Lipinski definition) is 6. The van der Waals surface area contributed by atoms with E-state index in [1.54, 1.807) is 30.0 Å². The lowest BCUT2D eigenvalue weighted by molar-refractivity contribution is -0.121. The predicted molar refractivity (Wildman–Crippen MR) is 119 cm³/mol. The lowest BCUT2D eigenvalue weighted by Crippen LogP contribution is -2.40. The van der Waals surface area contributed by atoms with Gasteiger partial charge in [-0.2, -0.15) is 4.31 Å². The molecule has 0 aromatic heterocycles. The SMILES string of the molecule is COc1ccc(CC(=O)N[C@H]2CCSc3ccccc32)cc1S(=O)(=O)N1CCOCC1. The van der Waals surface area contributed by atoms with Crippen LogP contribution in [0.25, 0.3) is 0 Å². The Morgan fingerprint density at radius 3 is 2.77 bits per heavy atom. The Morgan fingerprint density at radius 2 is 2.00 bits per heavy atom. The van der Waals surface area contributed by atoms with Crippen LogP contribution in [0.2, 0.25) is 0 Å². The molecule has 166 valence electrons. The van der Waals surface area contributed by atoms with E-state index in [-0.39, 0.29) is 29.0 Å². The molecule has 1 saturated heterocycles. The van der Waals surface area contributed by atoms with Crippen molar-refractivity contribution in [3.05, 3.63) is 53.6 Å². The molecule has 0 radical (unpaired) electrons. The van der Waals surface area contributed by atoms with Crippen LogP contribution in [0, 0.1) is 0 Å². The van der Waals surface area contributed by atoms with Crippen molar-refractivity contribution in [2.45, 2.75) is 28.7 Å². The molecule has 2 aliphatic rings. The first-order valence-corrected chi connectivity index (χ1v) is 12.7. The van der Waals surface area contributed by atoms with Crippen LogP contribution in [0.15, 0.2) is 52.3 Å². The lowest BCUT2D eigenvalue weighted by atomic mass is 10.0. The molecule has 0 bridgehead atoms. The third kappa shape index (κ3) is 4.90. The van der Waals surface area contributed by atoms with Crippen molar-refractivity contribution in [1.82, 2.24) is 9.62 Å². The molecule has 31 heavy (non-hydrogen) atoms. The summed E-state index contributed by atoms with van der Waals surface area (Å²) in [6.07, 6.45) is 0.966. The van der Waals surface area contributed by atoms with Gasteiger partial charge in [-0.25, -0.2) is 8.42 Å². The molecule has 2 aromatic carbocycles. The maximum absolute atomic E-state index is 13.1. The molecule has 2 heterocycles. The first kappa shape index (κ1) is 22.1. The van der Waals surface area contributed by atoms with Gasteiger partial charge in [0.2, 0.25) is 15.9 Å². The number of morpholine rings is 1. The average Bonchev–Trinajstić information content (AvgIpc) is 2.80. The predicted octanol–water partition coefficient (Wildman–Crippen LogP) is 2.61. The first-order valence-electron chi connectivity index (χ1n) is 10.2. The van der Waals surface area contributed by atoms with Crippen molar-refractivity contribution in [1.29, 1.82) is 0 Å². The normalized spacial score (nSPS) is 19.5. The summed E-state index contributed by atoms with van der Waals surface area (Å²) in [6.45, 7) is 1.33. The van der Waals surface area contributed by atoms with Gasteiger partial charge in [-0.05, 0) is 35.7 Å². The van der Waals surface area contributed by atoms with E-state index < -0.39 is 10.0 Å². The number of benzene rings is 2. The third-order valence-electron chi connectivity index (χ3n) is 5.47. The molecule has 1 atom stereocenters. The number of sulfonamides is 1. The van der Waals surface area contributed by atoms with Crippen molar-refractivity contribution < 1.29 is 22.7 Å². The Hall–Kier alpha value is -2.07. The van der Waals surface area contributed by atoms with Gasteiger partial charge >= 0.3 is 0 Å². The van der Waals surface area contributed by atoms with Gasteiger partial charge in [0.05, 0.1) is 32.8 Å². The van der Waals surface area contributed by atoms with E-state index in [1.165, 1.54) is 16.3 Å². The molecule has 0 saturated carbocycles. The lowest BCUT2D eigenvalue weighted by Gasteiger charge is -2.27. The minimum atomic E-state index is -3.74. The average molecular weight is 463 g/mol. The maximum atomic E-state index is 13.1. The highest BCUT2D eigenvalue weighted by Gasteiger charge is 2.30. The largest absolute Gasteiger partial charge is 0.495 e. The third-order valence-corrected chi connectivity index (χ3v) is 8.52. The quantitative estimate of drug-likeness (QED) is 0.710. The zero-order valence-electron chi connectivity index (χ0n) is 17.4. The van der Waals surface area contributed by atoms with Crippen LogP contribution < -0.4 is 10.1 Å². The summed E-state index contributed by atoms with van der Waals surface area (Å²) in [5, 5.41) is 3.11. The van der Waals surface area contributed by atoms with Crippen molar-refractivity contribution in [2.24, 2.45) is 0 Å². The fraction of sp³-hybridized carbons (Fsp3) is 0.409. The van der Waals surface area contributed by atoms with Crippen molar-refractivity contribution in [3.8, 4) is 5.75 Å². The standard InChI is InChI=1S/C22H26N2O5S2/c1-28-19-7-6-16(14-21(19)31(26,27)24-9-11-29-12-10-24)15-22(25)23-18-8-13-30-20-5-3-2-4-17(18)20/h2-7,14,18H,8-13,15H2,1H3,(H,23,25)/t18-/m0/s1. The number of ether oxygens (including phenoxy) is 2. The summed E-state index contributed by atoms with van der Waals surface area (Å²) < 4.78 is 38.3. The number of nitrogens with zero attached hydrogens (tertiary/aromatic N) is 1. The smallest absolute Gasteiger partial charge is 0.246 e. The summed E-state index contributed by atoms with van der Waals surface area (Å²) in [4.78, 5) is 14.1. The van der Waals surface area contributed by atoms with E-state index in [1.807, 2.05) is 18.2 Å². The number of hydrogen-bond donors (Lipinski definition) is 1. The molecule has 0 unspecified atom stereocenters. The summed E-state index contributed by atoms with van der Waals surface area (Å²) >= 11 is 1.80. The molecule has 0 spiro atoms. The van der Waals surface area contributed by atoms with Gasteiger partial charge < -0.3 is 14.8 Å². The highest BCUT2D eigenvalue weighted by Crippen LogP contribution is 2.36. The van der Waals surface area contributed by atoms with Gasteiger partial charge in [0, 0.05) is 23.7 Å². The van der Waals surface area contributed by atoms with E-state index in [9.17, 15) is 13.2 Å². The summed E-state index contributed by atoms with van der Waals surface area (Å²) in [6, 6.07) is 13.0. The van der Waals surface area contributed by atoms with E-state index in [2.05, 4.69) is 11.4 Å². The molecule has 1 N–H and O–H groups in total. The van der Waals surface area contributed by atoms with Crippen LogP contribution in [-0.4, -0.2) is 57.8 Å². The van der Waals surface area contributed by atoms with E-state index in [0.717, 1.165) is 17.7 Å². The second-order valence-corrected chi connectivity index (χ2v) is 10.5. The minimum absolute atomic E-state index is 0.0280. The van der Waals surface area contributed by atoms with Crippen molar-refractivity contribution >= 4 is 27.7 Å². The fourth-order valence-electron chi connectivity index (χ4n) is 3.88. The van der Waals surface area contributed by atoms with Gasteiger partial charge in [-0.15, -0.1) is 11.8 Å². The van der Waals surface area contributed by atoms with Crippen molar-refractivity contribution in [2.75, 3.05) is 39.2 Å². The van der Waals surface area contributed by atoms with Crippen LogP contribution in [0.3, 0.4) is 0 Å². The molecule has 2 aromatic rings. The van der Waals surface area contributed by atoms with E-state index >= 15 is 0 Å². The highest BCUT2D eigenvalue weighted by atomic mass is 32.2. The molecule has 1 amide bonds. The number of methoxy groups -OCH3 is 1. The Balaban J connectivity index is 1.52. The van der Waals surface area contributed by atoms with Gasteiger partial charge in [0.1, 0.15) is 10.6 Å². The number of fused-ring (bicyclic) bond motifs is 1. The minimum Gasteiger partial charge on any atom is -0.495 e. The number of carbonyl (C=O) groups is 1. The van der Waals surface area contributed by atoms with Crippen LogP contribution in [0.5, 0.6) is 5.75 Å². The number of nitrogens with one attached hydrogen (secondary N) is 1. The van der Waals surface area contributed by atoms with Gasteiger partial charge in [0.25, 0.3) is 0 Å². The second kappa shape index (κ2) is 9.60. The molecule has 1 fully saturated rings. The fourth-order valence-corrected chi connectivity index (χ4v) is 6.62. The van der Waals surface area contributed by atoms with Crippen LogP contribution in [0.1, 0.15) is 23.6 Å². The van der Waals surface area contributed by atoms with Crippen LogP contribution in [-0.2, 0) is 26.0 Å². The molecular formula is C22H26N2O5S2. The molecule has 4 rings (SSSR count). The molecule has 9 heteroatoms. The Bertz CT molecular complexity index is 1050. The number of carbonyl (C=O) groups excluding carboxylic acids is 1. The van der Waals surface area contributed by atoms with Gasteiger partial charge in [-0.3, -0.25) is 4.79 Å². The van der Waals surface area contributed by atoms with E-state index in [4.69, 9.17) is 9.47 Å². The summed E-state index contributed by atoms with van der Waals surface area (Å²) in [7, 11) is -2.29. The van der Waals surface area contributed by atoms with E-state index in [0.29, 0.717) is 31.9 Å². The van der Waals surface area contributed by atoms with Crippen LogP contribution >= 0.6 is 11.8 Å². The summed E-state index contributed by atoms with van der Waals surface area (Å²) in [5.41, 5.74) is 1.76. The summed E-state index contributed by atoms with van der Waals surface area (Å²) in [5.74, 6) is 1.09. The second-order valence-electron chi connectivity index (χ2n) is 7.47. The highest BCUT2D eigenvalue weighted by molar-refractivity contribution is 7.99. The van der Waals surface area contributed by atoms with Gasteiger partial charge in [0.15, 0.2) is 0 Å². The zero-order chi connectivity index (χ0) is 21.8. The molecule has 0 aliphatic carbocycles. The number of thioether (sulfide) groups is 1. The molecule has 2 aliphatic heterocycles. The Labute approximate surface area is 187 Å².